The van der Waals surface area contributed by atoms with Crippen molar-refractivity contribution in [1.82, 2.24) is 0 Å². The Morgan fingerprint density at radius 2 is 2.45 bits per heavy atom. The molecule has 1 saturated heterocycles. The molecule has 1 heterocycles. The number of hydrogen-bond donors (Lipinski definition) is 0. The van der Waals surface area contributed by atoms with Crippen molar-refractivity contribution < 1.29 is 9.35 Å². The Bertz CT molecular complexity index is 149. The van der Waals surface area contributed by atoms with Crippen LogP contribution < -0.4 is 0 Å². The number of rotatable bonds is 1. The van der Waals surface area contributed by atoms with Gasteiger partial charge in [-0.15, -0.1) is 0 Å². The molecular weight excluding hydrogens is 180 g/mol. The van der Waals surface area contributed by atoms with E-state index in [4.69, 9.17) is 0 Å². The van der Waals surface area contributed by atoms with E-state index in [0.29, 0.717) is 11.0 Å². The molecule has 0 N–H and O–H groups in total. The van der Waals surface area contributed by atoms with Crippen LogP contribution in [0.2, 0.25) is 0 Å². The zero-order valence-electron chi connectivity index (χ0n) is 6.54. The Kier molecular flexibility index (Phi) is 3.75. The third-order valence-corrected chi connectivity index (χ3v) is 4.40. The molecule has 0 aliphatic carbocycles. The molecule has 1 fully saturated rings. The Morgan fingerprint density at radius 1 is 1.73 bits per heavy atom. The fourth-order valence-corrected chi connectivity index (χ4v) is 3.89. The molecule has 0 amide bonds. The molecule has 2 unspecified atom stereocenters. The van der Waals surface area contributed by atoms with Gasteiger partial charge in [-0.3, -0.25) is 4.79 Å². The second-order valence-corrected chi connectivity index (χ2v) is 5.78. The van der Waals surface area contributed by atoms with Crippen LogP contribution in [-0.4, -0.2) is 26.4 Å². The van der Waals surface area contributed by atoms with E-state index in [1.54, 1.807) is 6.92 Å². The van der Waals surface area contributed by atoms with Crippen molar-refractivity contribution in [2.75, 3.05) is 11.5 Å². The van der Waals surface area contributed by atoms with Gasteiger partial charge >= 0.3 is 0 Å². The van der Waals surface area contributed by atoms with Crippen LogP contribution in [-0.2, 0) is 16.0 Å². The predicted molar refractivity (Wildman–Crippen MR) is 49.2 cm³/mol. The van der Waals surface area contributed by atoms with Crippen molar-refractivity contribution in [3.05, 3.63) is 0 Å². The first kappa shape index (κ1) is 9.42. The molecule has 11 heavy (non-hydrogen) atoms. The maximum Gasteiger partial charge on any atom is 0.186 e. The molecule has 4 heteroatoms. The molecule has 2 atom stereocenters. The average Bonchev–Trinajstić information content (AvgIpc) is 1.85. The van der Waals surface area contributed by atoms with Gasteiger partial charge < -0.3 is 4.55 Å². The first-order valence-corrected chi connectivity index (χ1v) is 6.07. The van der Waals surface area contributed by atoms with Gasteiger partial charge in [0.25, 0.3) is 0 Å². The number of thioether (sulfide) groups is 1. The number of carbonyl (C=O) groups is 1. The third-order valence-electron chi connectivity index (χ3n) is 1.60. The van der Waals surface area contributed by atoms with Crippen LogP contribution in [0.1, 0.15) is 19.8 Å². The first-order valence-electron chi connectivity index (χ1n) is 3.70. The van der Waals surface area contributed by atoms with E-state index < -0.39 is 11.2 Å². The molecule has 0 aromatic carbocycles. The SMILES string of the molecule is CC(=O)SC1CCC[S+]([O-])C1. The molecule has 1 rings (SSSR count). The number of carbonyl (C=O) groups excluding carboxylic acids is 1. The van der Waals surface area contributed by atoms with Crippen molar-refractivity contribution in [3.63, 3.8) is 0 Å². The summed E-state index contributed by atoms with van der Waals surface area (Å²) < 4.78 is 11.0. The minimum absolute atomic E-state index is 0.147. The lowest BCUT2D eigenvalue weighted by Gasteiger charge is -2.22. The van der Waals surface area contributed by atoms with E-state index >= 15 is 0 Å². The molecule has 1 aliphatic heterocycles. The van der Waals surface area contributed by atoms with Crippen molar-refractivity contribution in [3.8, 4) is 0 Å². The smallest absolute Gasteiger partial charge is 0.186 e. The van der Waals surface area contributed by atoms with Gasteiger partial charge in [0, 0.05) is 6.92 Å². The van der Waals surface area contributed by atoms with Crippen molar-refractivity contribution in [2.45, 2.75) is 25.0 Å². The van der Waals surface area contributed by atoms with Gasteiger partial charge in [-0.05, 0) is 12.8 Å². The Morgan fingerprint density at radius 3 is 3.00 bits per heavy atom. The third kappa shape index (κ3) is 3.49. The molecule has 0 aromatic rings. The average molecular weight is 192 g/mol. The summed E-state index contributed by atoms with van der Waals surface area (Å²) in [4.78, 5) is 10.7. The quantitative estimate of drug-likeness (QED) is 0.586. The highest BCUT2D eigenvalue weighted by atomic mass is 32.2. The summed E-state index contributed by atoms with van der Waals surface area (Å²) in [5, 5.41) is 0.469. The summed E-state index contributed by atoms with van der Waals surface area (Å²) in [5.41, 5.74) is 0. The Balaban J connectivity index is 2.28. The van der Waals surface area contributed by atoms with Gasteiger partial charge in [-0.1, -0.05) is 22.9 Å². The molecule has 1 aliphatic rings. The Labute approximate surface area is 74.3 Å². The second kappa shape index (κ2) is 4.38. The fraction of sp³-hybridized carbons (Fsp3) is 0.857. The van der Waals surface area contributed by atoms with Gasteiger partial charge in [-0.2, -0.15) is 0 Å². The summed E-state index contributed by atoms with van der Waals surface area (Å²) >= 11 is 0.687. The summed E-state index contributed by atoms with van der Waals surface area (Å²) in [6, 6.07) is 0. The molecular formula is C7H12O2S2. The van der Waals surface area contributed by atoms with Crippen LogP contribution in [0.5, 0.6) is 0 Å². The van der Waals surface area contributed by atoms with Crippen LogP contribution in [0.3, 0.4) is 0 Å². The molecule has 0 radical (unpaired) electrons. The number of hydrogen-bond acceptors (Lipinski definition) is 3. The van der Waals surface area contributed by atoms with Gasteiger partial charge in [0.1, 0.15) is 11.5 Å². The van der Waals surface area contributed by atoms with Crippen LogP contribution in [0.15, 0.2) is 0 Å². The molecule has 0 bridgehead atoms. The Hall–Kier alpha value is 0.330. The largest absolute Gasteiger partial charge is 0.616 e. The highest BCUT2D eigenvalue weighted by Crippen LogP contribution is 2.23. The lowest BCUT2D eigenvalue weighted by atomic mass is 10.3. The maximum atomic E-state index is 11.0. The molecule has 2 nitrogen and oxygen atoms in total. The van der Waals surface area contributed by atoms with Crippen LogP contribution in [0.4, 0.5) is 0 Å². The first-order chi connectivity index (χ1) is 5.18. The summed E-state index contributed by atoms with van der Waals surface area (Å²) in [6.07, 6.45) is 2.06. The normalized spacial score (nSPS) is 31.8. The van der Waals surface area contributed by atoms with E-state index in [9.17, 15) is 9.35 Å². The topological polar surface area (TPSA) is 40.1 Å². The van der Waals surface area contributed by atoms with E-state index in [1.165, 1.54) is 11.8 Å². The fourth-order valence-electron chi connectivity index (χ4n) is 1.17. The van der Waals surface area contributed by atoms with E-state index in [0.717, 1.165) is 18.6 Å². The summed E-state index contributed by atoms with van der Waals surface area (Å²) in [7, 11) is 0. The lowest BCUT2D eigenvalue weighted by molar-refractivity contribution is -0.109. The van der Waals surface area contributed by atoms with Gasteiger partial charge in [0.15, 0.2) is 5.12 Å². The second-order valence-electron chi connectivity index (χ2n) is 2.68. The molecule has 0 saturated carbocycles. The van der Waals surface area contributed by atoms with E-state index in [2.05, 4.69) is 0 Å². The minimum Gasteiger partial charge on any atom is -0.616 e. The highest BCUT2D eigenvalue weighted by molar-refractivity contribution is 8.14. The van der Waals surface area contributed by atoms with Gasteiger partial charge in [0.05, 0.1) is 5.25 Å². The standard InChI is InChI=1S/C7H12O2S2/c1-6(8)10-7-3-2-4-11(9)5-7/h7H,2-5H2,1H3. The molecule has 0 spiro atoms. The lowest BCUT2D eigenvalue weighted by Crippen LogP contribution is -2.27. The highest BCUT2D eigenvalue weighted by Gasteiger charge is 2.24. The summed E-state index contributed by atoms with van der Waals surface area (Å²) in [6.45, 7) is 1.57. The molecule has 64 valence electrons. The minimum atomic E-state index is -0.660. The monoisotopic (exact) mass is 192 g/mol. The van der Waals surface area contributed by atoms with Crippen LogP contribution >= 0.6 is 11.8 Å². The zero-order chi connectivity index (χ0) is 8.27. The van der Waals surface area contributed by atoms with E-state index in [-0.39, 0.29) is 5.12 Å². The van der Waals surface area contributed by atoms with E-state index in [1.807, 2.05) is 0 Å². The maximum absolute atomic E-state index is 11.0. The summed E-state index contributed by atoms with van der Waals surface area (Å²) in [5.74, 6) is 1.54. The van der Waals surface area contributed by atoms with Crippen molar-refractivity contribution in [1.29, 1.82) is 0 Å². The predicted octanol–water partition coefficient (Wildman–Crippen LogP) is 1.18. The molecule has 0 aromatic heterocycles. The zero-order valence-corrected chi connectivity index (χ0v) is 8.17. The van der Waals surface area contributed by atoms with Crippen molar-refractivity contribution in [2.24, 2.45) is 0 Å². The van der Waals surface area contributed by atoms with Gasteiger partial charge in [0.2, 0.25) is 0 Å². The van der Waals surface area contributed by atoms with Crippen LogP contribution in [0.25, 0.3) is 0 Å². The van der Waals surface area contributed by atoms with Crippen LogP contribution in [0, 0.1) is 0 Å². The van der Waals surface area contributed by atoms with Gasteiger partial charge in [-0.25, -0.2) is 0 Å². The van der Waals surface area contributed by atoms with Crippen molar-refractivity contribution >= 4 is 28.1 Å².